The third-order valence-corrected chi connectivity index (χ3v) is 2.10. The molecular formula is C10H10FN5O2. The van der Waals surface area contributed by atoms with E-state index >= 15 is 0 Å². The van der Waals surface area contributed by atoms with Gasteiger partial charge in [0, 0.05) is 5.69 Å². The number of nitrogens with two attached hydrogens (primary N) is 1. The van der Waals surface area contributed by atoms with Crippen molar-refractivity contribution in [3.05, 3.63) is 35.4 Å². The van der Waals surface area contributed by atoms with Gasteiger partial charge in [-0.25, -0.2) is 9.18 Å². The van der Waals surface area contributed by atoms with E-state index in [1.165, 1.54) is 16.9 Å². The van der Waals surface area contributed by atoms with Gasteiger partial charge >= 0.3 is 5.97 Å². The third-order valence-electron chi connectivity index (χ3n) is 2.10. The number of nitrogens with zero attached hydrogens (tertiary/aromatic N) is 4. The molecule has 1 heterocycles. The molecule has 2 rings (SSSR count). The van der Waals surface area contributed by atoms with Gasteiger partial charge in [-0.1, -0.05) is 0 Å². The van der Waals surface area contributed by atoms with Crippen LogP contribution < -0.4 is 5.73 Å². The van der Waals surface area contributed by atoms with E-state index in [4.69, 9.17) is 10.5 Å². The molecule has 0 aliphatic rings. The first-order valence-corrected chi connectivity index (χ1v) is 5.01. The van der Waals surface area contributed by atoms with E-state index < -0.39 is 11.8 Å². The topological polar surface area (TPSA) is 95.9 Å². The largest absolute Gasteiger partial charge is 0.454 e. The Morgan fingerprint density at radius 1 is 1.56 bits per heavy atom. The highest BCUT2D eigenvalue weighted by Gasteiger charge is 2.14. The van der Waals surface area contributed by atoms with Crippen LogP contribution in [0.15, 0.2) is 18.2 Å². The maximum atomic E-state index is 13.4. The standard InChI is InChI=1S/C10H10FN5O2/c1-16-14-9(13-15-16)5-18-10(17)7-3-2-6(12)4-8(7)11/h2-4H,5,12H2,1H3. The first-order chi connectivity index (χ1) is 8.56. The first-order valence-electron chi connectivity index (χ1n) is 5.01. The lowest BCUT2D eigenvalue weighted by Crippen LogP contribution is -2.09. The summed E-state index contributed by atoms with van der Waals surface area (Å²) in [6, 6.07) is 3.73. The van der Waals surface area contributed by atoms with Crippen molar-refractivity contribution in [2.75, 3.05) is 5.73 Å². The fourth-order valence-corrected chi connectivity index (χ4v) is 1.29. The predicted molar refractivity (Wildman–Crippen MR) is 58.7 cm³/mol. The summed E-state index contributed by atoms with van der Waals surface area (Å²) in [5.74, 6) is -1.30. The number of esters is 1. The van der Waals surface area contributed by atoms with Crippen LogP contribution in [0.5, 0.6) is 0 Å². The Kier molecular flexibility index (Phi) is 3.18. The molecule has 0 atom stereocenters. The molecule has 1 aromatic heterocycles. The van der Waals surface area contributed by atoms with E-state index in [1.807, 2.05) is 0 Å². The molecule has 0 saturated carbocycles. The molecule has 18 heavy (non-hydrogen) atoms. The van der Waals surface area contributed by atoms with Crippen LogP contribution in [-0.2, 0) is 18.4 Å². The van der Waals surface area contributed by atoms with Crippen molar-refractivity contribution in [1.29, 1.82) is 0 Å². The van der Waals surface area contributed by atoms with Gasteiger partial charge in [-0.05, 0) is 23.4 Å². The lowest BCUT2D eigenvalue weighted by Gasteiger charge is -2.03. The van der Waals surface area contributed by atoms with E-state index in [1.54, 1.807) is 7.05 Å². The Bertz CT molecular complexity index is 583. The van der Waals surface area contributed by atoms with E-state index in [-0.39, 0.29) is 23.7 Å². The average molecular weight is 251 g/mol. The second-order valence-corrected chi connectivity index (χ2v) is 3.51. The molecule has 7 nitrogen and oxygen atoms in total. The van der Waals surface area contributed by atoms with Crippen molar-refractivity contribution in [1.82, 2.24) is 20.2 Å². The number of anilines is 1. The highest BCUT2D eigenvalue weighted by Crippen LogP contribution is 2.13. The molecule has 0 spiro atoms. The third kappa shape index (κ3) is 2.59. The second-order valence-electron chi connectivity index (χ2n) is 3.51. The number of aromatic nitrogens is 4. The molecular weight excluding hydrogens is 241 g/mol. The van der Waals surface area contributed by atoms with Gasteiger partial charge in [0.05, 0.1) is 12.6 Å². The molecule has 0 saturated heterocycles. The Balaban J connectivity index is 2.03. The molecule has 94 valence electrons. The van der Waals surface area contributed by atoms with Gasteiger partial charge < -0.3 is 10.5 Å². The molecule has 0 aliphatic carbocycles. The normalized spacial score (nSPS) is 10.3. The SMILES string of the molecule is Cn1nnc(COC(=O)c2ccc(N)cc2F)n1. The Labute approximate surface area is 101 Å². The van der Waals surface area contributed by atoms with Crippen molar-refractivity contribution in [2.45, 2.75) is 6.61 Å². The molecule has 0 fully saturated rings. The van der Waals surface area contributed by atoms with Crippen LogP contribution in [-0.4, -0.2) is 26.2 Å². The van der Waals surface area contributed by atoms with E-state index in [2.05, 4.69) is 15.4 Å². The maximum absolute atomic E-state index is 13.4. The number of benzene rings is 1. The fraction of sp³-hybridized carbons (Fsp3) is 0.200. The van der Waals surface area contributed by atoms with Crippen LogP contribution in [0.1, 0.15) is 16.2 Å². The summed E-state index contributed by atoms with van der Waals surface area (Å²) in [7, 11) is 1.58. The van der Waals surface area contributed by atoms with Crippen molar-refractivity contribution < 1.29 is 13.9 Å². The number of rotatable bonds is 3. The summed E-state index contributed by atoms with van der Waals surface area (Å²) >= 11 is 0. The number of nitrogen functional groups attached to an aromatic ring is 1. The summed E-state index contributed by atoms with van der Waals surface area (Å²) in [6.07, 6.45) is 0. The minimum atomic E-state index is -0.806. The first kappa shape index (κ1) is 12.0. The van der Waals surface area contributed by atoms with Crippen LogP contribution in [0.3, 0.4) is 0 Å². The van der Waals surface area contributed by atoms with Crippen molar-refractivity contribution in [3.8, 4) is 0 Å². The zero-order chi connectivity index (χ0) is 13.1. The summed E-state index contributed by atoms with van der Waals surface area (Å²) in [4.78, 5) is 12.8. The number of hydrogen-bond donors (Lipinski definition) is 1. The van der Waals surface area contributed by atoms with E-state index in [0.29, 0.717) is 0 Å². The molecule has 0 aliphatic heterocycles. The number of ether oxygens (including phenoxy) is 1. The number of aryl methyl sites for hydroxylation is 1. The maximum Gasteiger partial charge on any atom is 0.341 e. The van der Waals surface area contributed by atoms with Crippen LogP contribution in [0.2, 0.25) is 0 Å². The molecule has 0 radical (unpaired) electrons. The zero-order valence-electron chi connectivity index (χ0n) is 9.50. The van der Waals surface area contributed by atoms with Crippen LogP contribution in [0, 0.1) is 5.82 Å². The van der Waals surface area contributed by atoms with Crippen molar-refractivity contribution >= 4 is 11.7 Å². The average Bonchev–Trinajstić information content (AvgIpc) is 2.72. The van der Waals surface area contributed by atoms with Crippen molar-refractivity contribution in [2.24, 2.45) is 7.05 Å². The molecule has 0 amide bonds. The summed E-state index contributed by atoms with van der Waals surface area (Å²) in [5.41, 5.74) is 5.42. The minimum Gasteiger partial charge on any atom is -0.454 e. The molecule has 0 bridgehead atoms. The fourth-order valence-electron chi connectivity index (χ4n) is 1.29. The number of carbonyl (C=O) groups is 1. The number of halogens is 1. The second kappa shape index (κ2) is 4.78. The van der Waals surface area contributed by atoms with Gasteiger partial charge in [0.25, 0.3) is 0 Å². The summed E-state index contributed by atoms with van der Waals surface area (Å²) in [6.45, 7) is -0.170. The molecule has 8 heteroatoms. The quantitative estimate of drug-likeness (QED) is 0.622. The van der Waals surface area contributed by atoms with E-state index in [9.17, 15) is 9.18 Å². The minimum absolute atomic E-state index is 0.170. The summed E-state index contributed by atoms with van der Waals surface area (Å²) < 4.78 is 18.3. The van der Waals surface area contributed by atoms with Crippen LogP contribution >= 0.6 is 0 Å². The van der Waals surface area contributed by atoms with Gasteiger partial charge in [-0.15, -0.1) is 10.2 Å². The highest BCUT2D eigenvalue weighted by molar-refractivity contribution is 5.90. The Morgan fingerprint density at radius 3 is 2.94 bits per heavy atom. The van der Waals surface area contributed by atoms with Crippen LogP contribution in [0.25, 0.3) is 0 Å². The van der Waals surface area contributed by atoms with Crippen molar-refractivity contribution in [3.63, 3.8) is 0 Å². The molecule has 0 unspecified atom stereocenters. The van der Waals surface area contributed by atoms with Gasteiger partial charge in [-0.3, -0.25) is 0 Å². The van der Waals surface area contributed by atoms with Gasteiger partial charge in [0.15, 0.2) is 6.61 Å². The highest BCUT2D eigenvalue weighted by atomic mass is 19.1. The smallest absolute Gasteiger partial charge is 0.341 e. The Morgan fingerprint density at radius 2 is 2.33 bits per heavy atom. The Hall–Kier alpha value is -2.51. The van der Waals surface area contributed by atoms with Gasteiger partial charge in [-0.2, -0.15) is 4.80 Å². The lowest BCUT2D eigenvalue weighted by atomic mass is 10.2. The lowest BCUT2D eigenvalue weighted by molar-refractivity contribution is 0.0456. The van der Waals surface area contributed by atoms with Gasteiger partial charge in [0.1, 0.15) is 5.82 Å². The molecule has 1 aromatic carbocycles. The number of carbonyl (C=O) groups excluding carboxylic acids is 1. The monoisotopic (exact) mass is 251 g/mol. The summed E-state index contributed by atoms with van der Waals surface area (Å²) in [5, 5.41) is 11.0. The predicted octanol–water partition coefficient (Wildman–Crippen LogP) is 0.288. The van der Waals surface area contributed by atoms with Gasteiger partial charge in [0.2, 0.25) is 5.82 Å². The van der Waals surface area contributed by atoms with Crippen LogP contribution in [0.4, 0.5) is 10.1 Å². The molecule has 2 aromatic rings. The number of hydrogen-bond acceptors (Lipinski definition) is 6. The van der Waals surface area contributed by atoms with E-state index in [0.717, 1.165) is 6.07 Å². The zero-order valence-corrected chi connectivity index (χ0v) is 9.50. The molecule has 2 N–H and O–H groups in total. The number of tetrazole rings is 1.